The number of nitrogens with one attached hydrogen (secondary N) is 2. The minimum Gasteiger partial charge on any atom is -0.495 e. The maximum Gasteiger partial charge on any atom is 0.256 e. The maximum atomic E-state index is 12.1. The Morgan fingerprint density at radius 1 is 1.26 bits per heavy atom. The van der Waals surface area contributed by atoms with E-state index < -0.39 is 0 Å². The Morgan fingerprint density at radius 3 is 2.68 bits per heavy atom. The van der Waals surface area contributed by atoms with Crippen molar-refractivity contribution in [3.63, 3.8) is 0 Å². The van der Waals surface area contributed by atoms with Gasteiger partial charge in [0.15, 0.2) is 0 Å². The third-order valence-electron chi connectivity index (χ3n) is 2.60. The van der Waals surface area contributed by atoms with Crippen molar-refractivity contribution in [1.29, 1.82) is 0 Å². The maximum absolute atomic E-state index is 12.1. The van der Waals surface area contributed by atoms with Crippen molar-refractivity contribution >= 4 is 11.6 Å². The van der Waals surface area contributed by atoms with Gasteiger partial charge in [0, 0.05) is 17.3 Å². The predicted molar refractivity (Wildman–Crippen MR) is 72.7 cm³/mol. The highest BCUT2D eigenvalue weighted by Crippen LogP contribution is 2.23. The van der Waals surface area contributed by atoms with Crippen molar-refractivity contribution in [2.24, 2.45) is 0 Å². The summed E-state index contributed by atoms with van der Waals surface area (Å²) in [4.78, 5) is 26.0. The van der Waals surface area contributed by atoms with Gasteiger partial charge in [0.1, 0.15) is 5.75 Å². The molecule has 0 radical (unpaired) electrons. The number of ether oxygens (including phenoxy) is 1. The number of anilines is 1. The zero-order chi connectivity index (χ0) is 13.8. The van der Waals surface area contributed by atoms with Gasteiger partial charge in [-0.3, -0.25) is 9.59 Å². The monoisotopic (exact) mass is 258 g/mol. The van der Waals surface area contributed by atoms with E-state index in [2.05, 4.69) is 10.3 Å². The summed E-state index contributed by atoms with van der Waals surface area (Å²) >= 11 is 0. The summed E-state index contributed by atoms with van der Waals surface area (Å²) in [5, 5.41) is 2.72. The van der Waals surface area contributed by atoms with Gasteiger partial charge in [-0.2, -0.15) is 0 Å². The van der Waals surface area contributed by atoms with Crippen LogP contribution in [0.3, 0.4) is 0 Å². The second-order valence-electron chi connectivity index (χ2n) is 4.07. The van der Waals surface area contributed by atoms with Crippen molar-refractivity contribution in [3.8, 4) is 5.75 Å². The molecule has 0 saturated carbocycles. The standard InChI is InChI=1S/C14H14N2O3/c1-9-7-10(8-13(17)15-9)14(18)16-11-5-3-4-6-12(11)19-2/h3-8H,1-2H3,(H,15,17)(H,16,18). The molecule has 0 unspecified atom stereocenters. The van der Waals surface area contributed by atoms with Gasteiger partial charge in [0.05, 0.1) is 12.8 Å². The topological polar surface area (TPSA) is 71.2 Å². The molecule has 19 heavy (non-hydrogen) atoms. The predicted octanol–water partition coefficient (Wildman–Crippen LogP) is 1.94. The van der Waals surface area contributed by atoms with Gasteiger partial charge in [-0.25, -0.2) is 0 Å². The highest BCUT2D eigenvalue weighted by Gasteiger charge is 2.10. The number of aromatic nitrogens is 1. The number of aromatic amines is 1. The molecule has 0 aliphatic rings. The molecule has 1 aromatic heterocycles. The van der Waals surface area contributed by atoms with Crippen molar-refractivity contribution < 1.29 is 9.53 Å². The van der Waals surface area contributed by atoms with Crippen LogP contribution in [0, 0.1) is 6.92 Å². The van der Waals surface area contributed by atoms with E-state index in [1.807, 2.05) is 6.07 Å². The second kappa shape index (κ2) is 5.39. The van der Waals surface area contributed by atoms with Crippen molar-refractivity contribution in [2.45, 2.75) is 6.92 Å². The van der Waals surface area contributed by atoms with Gasteiger partial charge in [-0.15, -0.1) is 0 Å². The number of H-pyrrole nitrogens is 1. The molecular formula is C14H14N2O3. The average Bonchev–Trinajstić information content (AvgIpc) is 2.38. The highest BCUT2D eigenvalue weighted by atomic mass is 16.5. The Labute approximate surface area is 110 Å². The van der Waals surface area contributed by atoms with Gasteiger partial charge < -0.3 is 15.0 Å². The molecule has 0 aliphatic heterocycles. The van der Waals surface area contributed by atoms with E-state index in [4.69, 9.17) is 4.74 Å². The largest absolute Gasteiger partial charge is 0.495 e. The van der Waals surface area contributed by atoms with Crippen molar-refractivity contribution in [2.75, 3.05) is 12.4 Å². The number of methoxy groups -OCH3 is 1. The van der Waals surface area contributed by atoms with Crippen LogP contribution in [-0.2, 0) is 0 Å². The molecule has 1 aromatic carbocycles. The van der Waals surface area contributed by atoms with Crippen LogP contribution >= 0.6 is 0 Å². The van der Waals surface area contributed by atoms with Crippen LogP contribution < -0.4 is 15.6 Å². The van der Waals surface area contributed by atoms with Crippen LogP contribution in [-0.4, -0.2) is 18.0 Å². The van der Waals surface area contributed by atoms with E-state index >= 15 is 0 Å². The lowest BCUT2D eigenvalue weighted by molar-refractivity contribution is 0.102. The Bertz CT molecular complexity index is 662. The molecule has 1 heterocycles. The summed E-state index contributed by atoms with van der Waals surface area (Å²) in [6, 6.07) is 9.96. The zero-order valence-electron chi connectivity index (χ0n) is 10.7. The summed E-state index contributed by atoms with van der Waals surface area (Å²) in [7, 11) is 1.53. The van der Waals surface area contributed by atoms with Crippen LogP contribution in [0.15, 0.2) is 41.2 Å². The second-order valence-corrected chi connectivity index (χ2v) is 4.07. The molecule has 98 valence electrons. The number of rotatable bonds is 3. The number of carbonyl (C=O) groups is 1. The van der Waals surface area contributed by atoms with Crippen LogP contribution in [0.4, 0.5) is 5.69 Å². The van der Waals surface area contributed by atoms with Gasteiger partial charge in [-0.1, -0.05) is 12.1 Å². The molecule has 5 heteroatoms. The Kier molecular flexibility index (Phi) is 3.66. The summed E-state index contributed by atoms with van der Waals surface area (Å²) in [6.45, 7) is 1.72. The molecule has 0 aliphatic carbocycles. The Morgan fingerprint density at radius 2 is 2.00 bits per heavy atom. The Hall–Kier alpha value is -2.56. The lowest BCUT2D eigenvalue weighted by Gasteiger charge is -2.09. The molecule has 2 rings (SSSR count). The highest BCUT2D eigenvalue weighted by molar-refractivity contribution is 6.05. The van der Waals surface area contributed by atoms with E-state index in [1.165, 1.54) is 13.2 Å². The fraction of sp³-hybridized carbons (Fsp3) is 0.143. The van der Waals surface area contributed by atoms with E-state index in [1.54, 1.807) is 31.2 Å². The molecule has 0 bridgehead atoms. The van der Waals surface area contributed by atoms with E-state index in [9.17, 15) is 9.59 Å². The number of hydrogen-bond donors (Lipinski definition) is 2. The molecule has 1 amide bonds. The van der Waals surface area contributed by atoms with Crippen LogP contribution in [0.5, 0.6) is 5.75 Å². The number of benzene rings is 1. The van der Waals surface area contributed by atoms with Crippen LogP contribution in [0.25, 0.3) is 0 Å². The van der Waals surface area contributed by atoms with Gasteiger partial charge in [-0.05, 0) is 25.1 Å². The number of amides is 1. The lowest BCUT2D eigenvalue weighted by Crippen LogP contribution is -2.17. The molecule has 2 aromatic rings. The minimum atomic E-state index is -0.348. The van der Waals surface area contributed by atoms with Crippen LogP contribution in [0.1, 0.15) is 16.1 Å². The molecule has 5 nitrogen and oxygen atoms in total. The third-order valence-corrected chi connectivity index (χ3v) is 2.60. The number of para-hydroxylation sites is 2. The van der Waals surface area contributed by atoms with Crippen LogP contribution in [0.2, 0.25) is 0 Å². The molecule has 0 saturated heterocycles. The summed E-state index contributed by atoms with van der Waals surface area (Å²) in [5.74, 6) is 0.219. The van der Waals surface area contributed by atoms with E-state index in [0.29, 0.717) is 22.7 Å². The molecular weight excluding hydrogens is 244 g/mol. The summed E-state index contributed by atoms with van der Waals surface area (Å²) in [6.07, 6.45) is 0. The first-order valence-electron chi connectivity index (χ1n) is 5.75. The zero-order valence-corrected chi connectivity index (χ0v) is 10.7. The molecule has 0 fully saturated rings. The first-order valence-corrected chi connectivity index (χ1v) is 5.75. The molecule has 0 spiro atoms. The van der Waals surface area contributed by atoms with Gasteiger partial charge in [0.25, 0.3) is 5.91 Å². The number of pyridine rings is 1. The minimum absolute atomic E-state index is 0.301. The van der Waals surface area contributed by atoms with E-state index in [0.717, 1.165) is 0 Å². The lowest BCUT2D eigenvalue weighted by atomic mass is 10.2. The number of hydrogen-bond acceptors (Lipinski definition) is 3. The summed E-state index contributed by atoms with van der Waals surface area (Å²) in [5.41, 5.74) is 1.21. The quantitative estimate of drug-likeness (QED) is 0.883. The van der Waals surface area contributed by atoms with Gasteiger partial charge >= 0.3 is 0 Å². The van der Waals surface area contributed by atoms with E-state index in [-0.39, 0.29) is 11.5 Å². The Balaban J connectivity index is 2.28. The first-order chi connectivity index (χ1) is 9.10. The fourth-order valence-corrected chi connectivity index (χ4v) is 1.76. The SMILES string of the molecule is COc1ccccc1NC(=O)c1cc(C)[nH]c(=O)c1. The number of carbonyl (C=O) groups excluding carboxylic acids is 1. The smallest absolute Gasteiger partial charge is 0.256 e. The average molecular weight is 258 g/mol. The van der Waals surface area contributed by atoms with Crippen molar-refractivity contribution in [3.05, 3.63) is 58.0 Å². The summed E-state index contributed by atoms with van der Waals surface area (Å²) < 4.78 is 5.15. The third kappa shape index (κ3) is 3.01. The molecule has 0 atom stereocenters. The normalized spacial score (nSPS) is 10.0. The number of aryl methyl sites for hydroxylation is 1. The van der Waals surface area contributed by atoms with Gasteiger partial charge in [0.2, 0.25) is 5.56 Å². The first kappa shape index (κ1) is 12.9. The van der Waals surface area contributed by atoms with Crippen molar-refractivity contribution in [1.82, 2.24) is 4.98 Å². The molecule has 2 N–H and O–H groups in total. The fourth-order valence-electron chi connectivity index (χ4n) is 1.76.